The predicted molar refractivity (Wildman–Crippen MR) is 114 cm³/mol. The predicted octanol–water partition coefficient (Wildman–Crippen LogP) is 5.42. The molecule has 4 heteroatoms. The van der Waals surface area contributed by atoms with Crippen LogP contribution in [-0.2, 0) is 14.1 Å². The molecule has 4 nitrogen and oxygen atoms in total. The fourth-order valence-electron chi connectivity index (χ4n) is 4.14. The maximum Gasteiger partial charge on any atom is 0.158 e. The Morgan fingerprint density at radius 3 is 1.39 bits per heavy atom. The van der Waals surface area contributed by atoms with E-state index in [1.807, 2.05) is 38.4 Å². The Kier molecular flexibility index (Phi) is 3.49. The average molecular weight is 368 g/mol. The van der Waals surface area contributed by atoms with Crippen molar-refractivity contribution in [2.75, 3.05) is 0 Å². The Hall–Kier alpha value is -3.66. The molecular weight excluding hydrogens is 348 g/mol. The van der Waals surface area contributed by atoms with Gasteiger partial charge in [-0.15, -0.1) is 0 Å². The van der Waals surface area contributed by atoms with E-state index in [-0.39, 0.29) is 11.5 Å². The topological polar surface area (TPSA) is 50.3 Å². The highest BCUT2D eigenvalue weighted by atomic mass is 16.3. The van der Waals surface area contributed by atoms with Crippen molar-refractivity contribution in [1.29, 1.82) is 0 Å². The lowest BCUT2D eigenvalue weighted by Gasteiger charge is -2.11. The maximum atomic E-state index is 10.3. The molecule has 28 heavy (non-hydrogen) atoms. The Morgan fingerprint density at radius 1 is 0.571 bits per heavy atom. The van der Waals surface area contributed by atoms with Crippen molar-refractivity contribution >= 4 is 21.8 Å². The van der Waals surface area contributed by atoms with Gasteiger partial charge in [0.25, 0.3) is 0 Å². The molecule has 5 aromatic rings. The third-order valence-electron chi connectivity index (χ3n) is 5.49. The van der Waals surface area contributed by atoms with Gasteiger partial charge in [-0.1, -0.05) is 36.4 Å². The molecule has 2 heterocycles. The van der Waals surface area contributed by atoms with E-state index >= 15 is 0 Å². The third-order valence-corrected chi connectivity index (χ3v) is 5.49. The number of fused-ring (bicyclic) bond motifs is 2. The van der Waals surface area contributed by atoms with Gasteiger partial charge in [0.15, 0.2) is 11.5 Å². The molecule has 0 bridgehead atoms. The zero-order chi connectivity index (χ0) is 19.4. The summed E-state index contributed by atoms with van der Waals surface area (Å²) in [6.45, 7) is 0. The van der Waals surface area contributed by atoms with E-state index in [1.54, 1.807) is 12.1 Å². The molecule has 0 aliphatic carbocycles. The van der Waals surface area contributed by atoms with Crippen molar-refractivity contribution in [3.05, 3.63) is 73.1 Å². The molecule has 0 spiro atoms. The number of aromatic nitrogens is 2. The molecule has 0 radical (unpaired) electrons. The highest BCUT2D eigenvalue weighted by Crippen LogP contribution is 2.44. The van der Waals surface area contributed by atoms with E-state index in [0.717, 1.165) is 44.1 Å². The number of hydrogen-bond donors (Lipinski definition) is 2. The molecule has 0 amide bonds. The van der Waals surface area contributed by atoms with E-state index in [2.05, 4.69) is 45.8 Å². The number of nitrogens with zero attached hydrogens (tertiary/aromatic N) is 2. The van der Waals surface area contributed by atoms with E-state index in [0.29, 0.717) is 0 Å². The largest absolute Gasteiger partial charge is 0.504 e. The summed E-state index contributed by atoms with van der Waals surface area (Å²) in [6.07, 6.45) is 4.15. The van der Waals surface area contributed by atoms with Crippen molar-refractivity contribution < 1.29 is 10.2 Å². The highest BCUT2D eigenvalue weighted by molar-refractivity contribution is 6.05. The molecule has 5 rings (SSSR count). The van der Waals surface area contributed by atoms with Crippen LogP contribution in [0.1, 0.15) is 0 Å². The normalized spacial score (nSPS) is 11.5. The van der Waals surface area contributed by atoms with Gasteiger partial charge in [-0.3, -0.25) is 0 Å². The van der Waals surface area contributed by atoms with Crippen molar-refractivity contribution in [1.82, 2.24) is 9.13 Å². The lowest BCUT2D eigenvalue weighted by molar-refractivity contribution is 0.404. The van der Waals surface area contributed by atoms with Gasteiger partial charge in [-0.2, -0.15) is 0 Å². The second kappa shape index (κ2) is 5.92. The fraction of sp³-hybridized carbons (Fsp3) is 0.0833. The number of phenols is 2. The van der Waals surface area contributed by atoms with Crippen molar-refractivity contribution in [3.8, 4) is 33.8 Å². The van der Waals surface area contributed by atoms with Crippen molar-refractivity contribution in [2.45, 2.75) is 0 Å². The summed E-state index contributed by atoms with van der Waals surface area (Å²) in [5, 5.41) is 22.8. The molecule has 0 atom stereocenters. The van der Waals surface area contributed by atoms with Crippen LogP contribution in [-0.4, -0.2) is 19.3 Å². The highest BCUT2D eigenvalue weighted by Gasteiger charge is 2.19. The monoisotopic (exact) mass is 368 g/mol. The summed E-state index contributed by atoms with van der Waals surface area (Å²) in [4.78, 5) is 0. The summed E-state index contributed by atoms with van der Waals surface area (Å²) in [6, 6.07) is 19.7. The molecule has 3 aromatic carbocycles. The first kappa shape index (κ1) is 16.5. The van der Waals surface area contributed by atoms with Crippen LogP contribution in [0.5, 0.6) is 11.5 Å². The molecule has 2 aromatic heterocycles. The van der Waals surface area contributed by atoms with Crippen LogP contribution in [0, 0.1) is 0 Å². The first-order valence-electron chi connectivity index (χ1n) is 9.19. The third kappa shape index (κ3) is 2.31. The van der Waals surface area contributed by atoms with Crippen LogP contribution in [0.3, 0.4) is 0 Å². The van der Waals surface area contributed by atoms with Gasteiger partial charge < -0.3 is 19.3 Å². The lowest BCUT2D eigenvalue weighted by Crippen LogP contribution is -1.86. The SMILES string of the molecule is Cn1cc(-c2cc(O)c(O)cc2-c2cn(C)c3ccccc23)c2ccccc21. The van der Waals surface area contributed by atoms with E-state index in [1.165, 1.54) is 0 Å². The van der Waals surface area contributed by atoms with Gasteiger partial charge in [0.05, 0.1) is 0 Å². The number of benzene rings is 3. The van der Waals surface area contributed by atoms with Crippen LogP contribution in [0.25, 0.3) is 44.1 Å². The van der Waals surface area contributed by atoms with Gasteiger partial charge in [0.1, 0.15) is 0 Å². The Labute approximate surface area is 162 Å². The quantitative estimate of drug-likeness (QED) is 0.409. The second-order valence-corrected chi connectivity index (χ2v) is 7.23. The van der Waals surface area contributed by atoms with Gasteiger partial charge in [0, 0.05) is 59.4 Å². The minimum atomic E-state index is -0.119. The lowest BCUT2D eigenvalue weighted by atomic mass is 9.93. The first-order valence-corrected chi connectivity index (χ1v) is 9.19. The number of hydrogen-bond acceptors (Lipinski definition) is 2. The Balaban J connectivity index is 1.88. The summed E-state index contributed by atoms with van der Waals surface area (Å²) in [7, 11) is 4.04. The number of aryl methyl sites for hydroxylation is 2. The van der Waals surface area contributed by atoms with Crippen LogP contribution >= 0.6 is 0 Å². The zero-order valence-corrected chi connectivity index (χ0v) is 15.7. The van der Waals surface area contributed by atoms with Gasteiger partial charge >= 0.3 is 0 Å². The van der Waals surface area contributed by atoms with E-state index < -0.39 is 0 Å². The van der Waals surface area contributed by atoms with Gasteiger partial charge in [-0.25, -0.2) is 0 Å². The van der Waals surface area contributed by atoms with Crippen LogP contribution in [0.15, 0.2) is 73.1 Å². The fourth-order valence-corrected chi connectivity index (χ4v) is 4.14. The average Bonchev–Trinajstić information content (AvgIpc) is 3.22. The molecule has 0 saturated heterocycles. The molecule has 0 saturated carbocycles. The summed E-state index contributed by atoms with van der Waals surface area (Å²) in [5.74, 6) is -0.237. The molecule has 138 valence electrons. The zero-order valence-electron chi connectivity index (χ0n) is 15.7. The van der Waals surface area contributed by atoms with Crippen molar-refractivity contribution in [3.63, 3.8) is 0 Å². The molecule has 2 N–H and O–H groups in total. The first-order chi connectivity index (χ1) is 13.5. The molecule has 0 fully saturated rings. The molecule has 0 aliphatic heterocycles. The minimum absolute atomic E-state index is 0.119. The second-order valence-electron chi connectivity index (χ2n) is 7.23. The summed E-state index contributed by atoms with van der Waals surface area (Å²) < 4.78 is 4.17. The number of para-hydroxylation sites is 2. The van der Waals surface area contributed by atoms with Crippen LogP contribution < -0.4 is 0 Å². The smallest absolute Gasteiger partial charge is 0.158 e. The van der Waals surface area contributed by atoms with Crippen LogP contribution in [0.2, 0.25) is 0 Å². The van der Waals surface area contributed by atoms with Crippen LogP contribution in [0.4, 0.5) is 0 Å². The number of rotatable bonds is 2. The minimum Gasteiger partial charge on any atom is -0.504 e. The van der Waals surface area contributed by atoms with E-state index in [4.69, 9.17) is 0 Å². The number of phenolic OH excluding ortho intramolecular Hbond substituents is 2. The molecule has 0 aliphatic rings. The summed E-state index contributed by atoms with van der Waals surface area (Å²) >= 11 is 0. The summed E-state index contributed by atoms with van der Waals surface area (Å²) in [5.41, 5.74) is 6.07. The standard InChI is InChI=1S/C24H20N2O2/c1-25-13-19(15-7-3-5-9-21(15)25)17-11-23(27)24(28)12-18(17)20-14-26(2)22-10-6-4-8-16(20)22/h3-14,27-28H,1-2H3. The van der Waals surface area contributed by atoms with Gasteiger partial charge in [0.2, 0.25) is 0 Å². The Morgan fingerprint density at radius 2 is 0.964 bits per heavy atom. The Bertz CT molecular complexity index is 1250. The molecular formula is C24H20N2O2. The molecule has 0 unspecified atom stereocenters. The van der Waals surface area contributed by atoms with Crippen molar-refractivity contribution in [2.24, 2.45) is 14.1 Å². The number of aromatic hydroxyl groups is 2. The van der Waals surface area contributed by atoms with E-state index in [9.17, 15) is 10.2 Å². The maximum absolute atomic E-state index is 10.3. The van der Waals surface area contributed by atoms with Gasteiger partial charge in [-0.05, 0) is 35.4 Å².